The van der Waals surface area contributed by atoms with Gasteiger partial charge in [0.25, 0.3) is 11.8 Å². The third kappa shape index (κ3) is 4.82. The van der Waals surface area contributed by atoms with Gasteiger partial charge in [0.15, 0.2) is 0 Å². The van der Waals surface area contributed by atoms with E-state index in [2.05, 4.69) is 15.6 Å². The maximum Gasteiger partial charge on any atom is 0.418 e. The van der Waals surface area contributed by atoms with E-state index in [1.54, 1.807) is 30.5 Å². The van der Waals surface area contributed by atoms with Crippen molar-refractivity contribution in [3.63, 3.8) is 0 Å². The van der Waals surface area contributed by atoms with E-state index in [0.717, 1.165) is 24.3 Å². The molecular formula is C24H15F4N3O2. The molecule has 2 amide bonds. The van der Waals surface area contributed by atoms with Crippen LogP contribution in [0.2, 0.25) is 0 Å². The van der Waals surface area contributed by atoms with Gasteiger partial charge >= 0.3 is 6.18 Å². The van der Waals surface area contributed by atoms with E-state index in [1.807, 2.05) is 0 Å². The van der Waals surface area contributed by atoms with Crippen molar-refractivity contribution in [1.82, 2.24) is 4.98 Å². The molecule has 1 heterocycles. The van der Waals surface area contributed by atoms with E-state index in [-0.39, 0.29) is 16.8 Å². The van der Waals surface area contributed by atoms with Gasteiger partial charge in [0, 0.05) is 28.4 Å². The van der Waals surface area contributed by atoms with Crippen molar-refractivity contribution in [2.75, 3.05) is 10.6 Å². The Morgan fingerprint density at radius 2 is 1.58 bits per heavy atom. The summed E-state index contributed by atoms with van der Waals surface area (Å²) in [5, 5.41) is 5.14. The molecule has 1 aromatic heterocycles. The minimum Gasteiger partial charge on any atom is -0.322 e. The molecule has 0 aliphatic carbocycles. The summed E-state index contributed by atoms with van der Waals surface area (Å²) in [6.07, 6.45) is -3.26. The third-order valence-electron chi connectivity index (χ3n) is 4.83. The number of nitrogens with zero attached hydrogens (tertiary/aromatic N) is 1. The first kappa shape index (κ1) is 21.9. The number of rotatable bonds is 4. The fourth-order valence-corrected chi connectivity index (χ4v) is 3.26. The van der Waals surface area contributed by atoms with E-state index in [1.165, 1.54) is 24.3 Å². The number of benzene rings is 3. The second-order valence-corrected chi connectivity index (χ2v) is 7.05. The highest BCUT2D eigenvalue weighted by Gasteiger charge is 2.34. The van der Waals surface area contributed by atoms with Crippen molar-refractivity contribution in [2.45, 2.75) is 6.18 Å². The van der Waals surface area contributed by atoms with Crippen molar-refractivity contribution in [1.29, 1.82) is 0 Å². The zero-order valence-corrected chi connectivity index (χ0v) is 16.8. The average Bonchev–Trinajstić information content (AvgIpc) is 2.79. The van der Waals surface area contributed by atoms with E-state index in [4.69, 9.17) is 0 Å². The van der Waals surface area contributed by atoms with Crippen molar-refractivity contribution >= 4 is 34.1 Å². The molecule has 3 aromatic carbocycles. The number of aromatic nitrogens is 1. The summed E-state index contributed by atoms with van der Waals surface area (Å²) in [6, 6.07) is 15.6. The zero-order valence-electron chi connectivity index (χ0n) is 16.8. The van der Waals surface area contributed by atoms with Crippen molar-refractivity contribution < 1.29 is 27.2 Å². The molecule has 0 unspecified atom stereocenters. The fourth-order valence-electron chi connectivity index (χ4n) is 3.26. The Bertz CT molecular complexity index is 1350. The first-order chi connectivity index (χ1) is 15.7. The summed E-state index contributed by atoms with van der Waals surface area (Å²) in [7, 11) is 0. The highest BCUT2D eigenvalue weighted by Crippen LogP contribution is 2.37. The lowest BCUT2D eigenvalue weighted by molar-refractivity contribution is -0.136. The summed E-state index contributed by atoms with van der Waals surface area (Å²) in [4.78, 5) is 29.2. The number of alkyl halides is 3. The van der Waals surface area contributed by atoms with E-state index < -0.39 is 35.1 Å². The highest BCUT2D eigenvalue weighted by molar-refractivity contribution is 6.12. The highest BCUT2D eigenvalue weighted by atomic mass is 19.4. The lowest BCUT2D eigenvalue weighted by Crippen LogP contribution is -2.18. The number of pyridine rings is 1. The molecule has 9 heteroatoms. The van der Waals surface area contributed by atoms with Crippen LogP contribution in [0.15, 0.2) is 79.0 Å². The minimum absolute atomic E-state index is 0.0758. The first-order valence-corrected chi connectivity index (χ1v) is 9.65. The van der Waals surface area contributed by atoms with Crippen LogP contribution >= 0.6 is 0 Å². The summed E-state index contributed by atoms with van der Waals surface area (Å²) >= 11 is 0. The van der Waals surface area contributed by atoms with Gasteiger partial charge in [-0.25, -0.2) is 4.39 Å². The molecule has 4 aromatic rings. The van der Waals surface area contributed by atoms with Gasteiger partial charge in [-0.05, 0) is 60.7 Å². The quantitative estimate of drug-likeness (QED) is 0.378. The standard InChI is InChI=1S/C24H15F4N3O2/c25-15-8-6-14(7-9-15)22(32)30-16-10-11-21(19(13-16)24(26,27)28)31-23(33)18-3-1-5-20-17(18)4-2-12-29-20/h1-13H,(H,30,32)(H,31,33). The molecule has 0 atom stereocenters. The molecule has 4 rings (SSSR count). The first-order valence-electron chi connectivity index (χ1n) is 9.65. The van der Waals surface area contributed by atoms with Crippen LogP contribution < -0.4 is 10.6 Å². The summed E-state index contributed by atoms with van der Waals surface area (Å²) in [6.45, 7) is 0. The van der Waals surface area contributed by atoms with Crippen LogP contribution in [0.1, 0.15) is 26.3 Å². The number of fused-ring (bicyclic) bond motifs is 1. The van der Waals surface area contributed by atoms with Crippen molar-refractivity contribution in [3.8, 4) is 0 Å². The van der Waals surface area contributed by atoms with Crippen LogP contribution in [0.4, 0.5) is 28.9 Å². The van der Waals surface area contributed by atoms with Gasteiger partial charge in [-0.1, -0.05) is 12.1 Å². The van der Waals surface area contributed by atoms with Gasteiger partial charge in [-0.3, -0.25) is 14.6 Å². The minimum atomic E-state index is -4.81. The van der Waals surface area contributed by atoms with Gasteiger partial charge in [-0.15, -0.1) is 0 Å². The number of halogens is 4. The Balaban J connectivity index is 1.62. The topological polar surface area (TPSA) is 71.1 Å². The number of carbonyl (C=O) groups excluding carboxylic acids is 2. The number of carbonyl (C=O) groups is 2. The molecule has 0 bridgehead atoms. The molecule has 0 fully saturated rings. The Labute approximate surface area is 185 Å². The van der Waals surface area contributed by atoms with Gasteiger partial charge in [0.05, 0.1) is 16.8 Å². The summed E-state index contributed by atoms with van der Waals surface area (Å²) < 4.78 is 54.2. The number of nitrogens with one attached hydrogen (secondary N) is 2. The maximum atomic E-state index is 13.7. The van der Waals surface area contributed by atoms with Gasteiger partial charge in [-0.2, -0.15) is 13.2 Å². The molecular weight excluding hydrogens is 438 g/mol. The molecule has 5 nitrogen and oxygen atoms in total. The smallest absolute Gasteiger partial charge is 0.322 e. The molecule has 0 spiro atoms. The summed E-state index contributed by atoms with van der Waals surface area (Å²) in [5.41, 5.74) is -0.960. The molecule has 33 heavy (non-hydrogen) atoms. The largest absolute Gasteiger partial charge is 0.418 e. The number of hydrogen-bond acceptors (Lipinski definition) is 3. The maximum absolute atomic E-state index is 13.7. The second kappa shape index (κ2) is 8.70. The van der Waals surface area contributed by atoms with E-state index in [9.17, 15) is 27.2 Å². The Kier molecular flexibility index (Phi) is 5.78. The number of anilines is 2. The Morgan fingerprint density at radius 1 is 0.818 bits per heavy atom. The number of hydrogen-bond donors (Lipinski definition) is 2. The molecule has 2 N–H and O–H groups in total. The molecule has 166 valence electrons. The van der Waals surface area contributed by atoms with Crippen LogP contribution in [-0.4, -0.2) is 16.8 Å². The second-order valence-electron chi connectivity index (χ2n) is 7.05. The van der Waals surface area contributed by atoms with Crippen LogP contribution in [0, 0.1) is 5.82 Å². The Morgan fingerprint density at radius 3 is 2.30 bits per heavy atom. The van der Waals surface area contributed by atoms with E-state index in [0.29, 0.717) is 10.9 Å². The van der Waals surface area contributed by atoms with Crippen molar-refractivity contribution in [3.05, 3.63) is 102 Å². The fraction of sp³-hybridized carbons (Fsp3) is 0.0417. The summed E-state index contributed by atoms with van der Waals surface area (Å²) in [5.74, 6) is -1.99. The van der Waals surface area contributed by atoms with Crippen LogP contribution in [0.3, 0.4) is 0 Å². The van der Waals surface area contributed by atoms with Crippen molar-refractivity contribution in [2.24, 2.45) is 0 Å². The average molecular weight is 453 g/mol. The van der Waals surface area contributed by atoms with E-state index >= 15 is 0 Å². The van der Waals surface area contributed by atoms with Crippen LogP contribution in [0.5, 0.6) is 0 Å². The number of amides is 2. The predicted molar refractivity (Wildman–Crippen MR) is 115 cm³/mol. The predicted octanol–water partition coefficient (Wildman–Crippen LogP) is 5.90. The molecule has 0 radical (unpaired) electrons. The molecule has 0 saturated carbocycles. The third-order valence-corrected chi connectivity index (χ3v) is 4.83. The lowest BCUT2D eigenvalue weighted by atomic mass is 10.1. The Hall–Kier alpha value is -4.27. The van der Waals surface area contributed by atoms with Crippen LogP contribution in [0.25, 0.3) is 10.9 Å². The molecule has 0 aliphatic heterocycles. The monoisotopic (exact) mass is 453 g/mol. The normalized spacial score (nSPS) is 11.3. The van der Waals surface area contributed by atoms with Gasteiger partial charge in [0.2, 0.25) is 0 Å². The lowest BCUT2D eigenvalue weighted by Gasteiger charge is -2.16. The molecule has 0 aliphatic rings. The van der Waals surface area contributed by atoms with Crippen LogP contribution in [-0.2, 0) is 6.18 Å². The SMILES string of the molecule is O=C(Nc1ccc(NC(=O)c2cccc3ncccc23)c(C(F)(F)F)c1)c1ccc(F)cc1. The van der Waals surface area contributed by atoms with Gasteiger partial charge in [0.1, 0.15) is 5.82 Å². The van der Waals surface area contributed by atoms with Gasteiger partial charge < -0.3 is 10.6 Å². The zero-order chi connectivity index (χ0) is 23.6. The molecule has 0 saturated heterocycles.